The molecule has 31 heavy (non-hydrogen) atoms. The van der Waals surface area contributed by atoms with Crippen LogP contribution in [0.25, 0.3) is 0 Å². The first-order chi connectivity index (χ1) is 14.9. The number of benzene rings is 2. The summed E-state index contributed by atoms with van der Waals surface area (Å²) in [4.78, 5) is 14.2. The van der Waals surface area contributed by atoms with Gasteiger partial charge in [0.15, 0.2) is 0 Å². The molecule has 2 N–H and O–H groups in total. The monoisotopic (exact) mass is 448 g/mol. The van der Waals surface area contributed by atoms with Gasteiger partial charge < -0.3 is 19.9 Å². The van der Waals surface area contributed by atoms with Gasteiger partial charge in [-0.3, -0.25) is 9.69 Å². The molecule has 1 fully saturated rings. The summed E-state index contributed by atoms with van der Waals surface area (Å²) in [5.41, 5.74) is 0.811. The molecule has 1 saturated heterocycles. The number of carboxylic acid groups (broad SMARTS) is 1. The summed E-state index contributed by atoms with van der Waals surface area (Å²) in [6.45, 7) is 4.01. The molecule has 0 spiro atoms. The van der Waals surface area contributed by atoms with Crippen molar-refractivity contribution >= 4 is 15.8 Å². The topological polar surface area (TPSA) is 105 Å². The van der Waals surface area contributed by atoms with Gasteiger partial charge in [-0.05, 0) is 48.4 Å². The highest BCUT2D eigenvalue weighted by molar-refractivity contribution is 7.91. The van der Waals surface area contributed by atoms with E-state index in [2.05, 4.69) is 10.2 Å². The van der Waals surface area contributed by atoms with E-state index in [9.17, 15) is 18.3 Å². The molecule has 0 amide bonds. The summed E-state index contributed by atoms with van der Waals surface area (Å²) in [6.07, 6.45) is 0.485. The lowest BCUT2D eigenvalue weighted by atomic mass is 10.1. The zero-order valence-electron chi connectivity index (χ0n) is 17.5. The largest absolute Gasteiger partial charge is 0.497 e. The lowest BCUT2D eigenvalue weighted by Crippen LogP contribution is -2.42. The number of hydrogen-bond acceptors (Lipinski definition) is 7. The van der Waals surface area contributed by atoms with Crippen LogP contribution in [-0.4, -0.2) is 70.4 Å². The number of ether oxygens (including phenoxy) is 2. The lowest BCUT2D eigenvalue weighted by molar-refractivity contribution is -0.139. The van der Waals surface area contributed by atoms with E-state index >= 15 is 0 Å². The van der Waals surface area contributed by atoms with Gasteiger partial charge in [0, 0.05) is 26.2 Å². The van der Waals surface area contributed by atoms with Crippen LogP contribution in [0.2, 0.25) is 0 Å². The van der Waals surface area contributed by atoms with Crippen molar-refractivity contribution in [2.24, 2.45) is 0 Å². The SMILES string of the molecule is COc1ccc(S(=O)(=O)c2ccc(CNC(CCN3CCOCC3)C(=O)O)cc2)cc1. The Morgan fingerprint density at radius 3 is 2.23 bits per heavy atom. The van der Waals surface area contributed by atoms with Crippen molar-refractivity contribution in [1.82, 2.24) is 10.2 Å². The summed E-state index contributed by atoms with van der Waals surface area (Å²) in [5, 5.41) is 12.6. The molecule has 1 heterocycles. The fourth-order valence-corrected chi connectivity index (χ4v) is 4.63. The molecule has 1 aliphatic heterocycles. The summed E-state index contributed by atoms with van der Waals surface area (Å²) in [7, 11) is -2.11. The van der Waals surface area contributed by atoms with Crippen LogP contribution in [0.4, 0.5) is 0 Å². The molecule has 168 valence electrons. The highest BCUT2D eigenvalue weighted by Gasteiger charge is 2.20. The number of morpholine rings is 1. The molecule has 1 unspecified atom stereocenters. The second-order valence-corrected chi connectivity index (χ2v) is 9.29. The molecule has 3 rings (SSSR count). The Kier molecular flexibility index (Phi) is 8.03. The second-order valence-electron chi connectivity index (χ2n) is 7.34. The predicted molar refractivity (Wildman–Crippen MR) is 115 cm³/mol. The minimum Gasteiger partial charge on any atom is -0.497 e. The molecule has 0 aliphatic carbocycles. The normalized spacial score (nSPS) is 16.0. The molecule has 1 atom stereocenters. The number of carboxylic acids is 1. The number of rotatable bonds is 10. The molecule has 8 nitrogen and oxygen atoms in total. The number of nitrogens with zero attached hydrogens (tertiary/aromatic N) is 1. The summed E-state index contributed by atoms with van der Waals surface area (Å²) < 4.78 is 36.0. The number of hydrogen-bond donors (Lipinski definition) is 2. The van der Waals surface area contributed by atoms with E-state index in [1.165, 1.54) is 19.2 Å². The first-order valence-corrected chi connectivity index (χ1v) is 11.6. The number of sulfone groups is 1. The Morgan fingerprint density at radius 2 is 1.68 bits per heavy atom. The maximum Gasteiger partial charge on any atom is 0.320 e. The van der Waals surface area contributed by atoms with Gasteiger partial charge in [-0.2, -0.15) is 0 Å². The van der Waals surface area contributed by atoms with Gasteiger partial charge in [0.05, 0.1) is 30.1 Å². The van der Waals surface area contributed by atoms with Crippen molar-refractivity contribution in [2.45, 2.75) is 28.8 Å². The van der Waals surface area contributed by atoms with Crippen LogP contribution in [0.3, 0.4) is 0 Å². The molecule has 9 heteroatoms. The molecular formula is C22H28N2O6S. The third kappa shape index (κ3) is 6.27. The quantitative estimate of drug-likeness (QED) is 0.567. The predicted octanol–water partition coefficient (Wildman–Crippen LogP) is 1.79. The molecule has 2 aromatic rings. The maximum absolute atomic E-state index is 12.8. The van der Waals surface area contributed by atoms with Crippen molar-refractivity contribution < 1.29 is 27.8 Å². The molecule has 0 bridgehead atoms. The van der Waals surface area contributed by atoms with Crippen molar-refractivity contribution in [3.8, 4) is 5.75 Å². The Balaban J connectivity index is 1.58. The number of carbonyl (C=O) groups is 1. The van der Waals surface area contributed by atoms with Crippen LogP contribution in [0, 0.1) is 0 Å². The molecule has 0 radical (unpaired) electrons. The lowest BCUT2D eigenvalue weighted by Gasteiger charge is -2.27. The molecule has 0 saturated carbocycles. The third-order valence-electron chi connectivity index (χ3n) is 5.29. The standard InChI is InChI=1S/C22H28N2O6S/c1-29-18-4-8-20(9-5-18)31(27,28)19-6-2-17(3-7-19)16-23-21(22(25)26)10-11-24-12-14-30-15-13-24/h2-9,21,23H,10-16H2,1H3,(H,25,26). The van der Waals surface area contributed by atoms with Gasteiger partial charge >= 0.3 is 5.97 Å². The van der Waals surface area contributed by atoms with Crippen molar-refractivity contribution in [2.75, 3.05) is 40.0 Å². The maximum atomic E-state index is 12.8. The van der Waals surface area contributed by atoms with E-state index in [0.717, 1.165) is 18.7 Å². The number of nitrogens with one attached hydrogen (secondary N) is 1. The van der Waals surface area contributed by atoms with Gasteiger partial charge in [-0.1, -0.05) is 12.1 Å². The fraction of sp³-hybridized carbons (Fsp3) is 0.409. The first-order valence-electron chi connectivity index (χ1n) is 10.1. The van der Waals surface area contributed by atoms with Crippen LogP contribution in [-0.2, 0) is 25.9 Å². The molecule has 0 aromatic heterocycles. The van der Waals surface area contributed by atoms with E-state index in [0.29, 0.717) is 38.5 Å². The Morgan fingerprint density at radius 1 is 1.10 bits per heavy atom. The average Bonchev–Trinajstić information content (AvgIpc) is 2.80. The first kappa shape index (κ1) is 23.2. The zero-order chi connectivity index (χ0) is 22.3. The van der Waals surface area contributed by atoms with Crippen LogP contribution in [0.15, 0.2) is 58.3 Å². The minimum atomic E-state index is -3.63. The van der Waals surface area contributed by atoms with Gasteiger partial charge in [0.1, 0.15) is 11.8 Å². The molecule has 2 aromatic carbocycles. The van der Waals surface area contributed by atoms with Crippen molar-refractivity contribution in [1.29, 1.82) is 0 Å². The van der Waals surface area contributed by atoms with E-state index in [1.807, 2.05) is 0 Å². The Hall–Kier alpha value is -2.46. The van der Waals surface area contributed by atoms with Gasteiger partial charge in [0.25, 0.3) is 0 Å². The number of aliphatic carboxylic acids is 1. The van der Waals surface area contributed by atoms with Crippen LogP contribution in [0.1, 0.15) is 12.0 Å². The molecular weight excluding hydrogens is 420 g/mol. The number of methoxy groups -OCH3 is 1. The van der Waals surface area contributed by atoms with Gasteiger partial charge in [-0.15, -0.1) is 0 Å². The third-order valence-corrected chi connectivity index (χ3v) is 7.08. The second kappa shape index (κ2) is 10.7. The van der Waals surface area contributed by atoms with Gasteiger partial charge in [-0.25, -0.2) is 8.42 Å². The summed E-state index contributed by atoms with van der Waals surface area (Å²) in [5.74, 6) is -0.311. The highest BCUT2D eigenvalue weighted by Crippen LogP contribution is 2.23. The van der Waals surface area contributed by atoms with Crippen molar-refractivity contribution in [3.05, 3.63) is 54.1 Å². The molecule has 1 aliphatic rings. The average molecular weight is 449 g/mol. The fourth-order valence-electron chi connectivity index (χ4n) is 3.37. The summed E-state index contributed by atoms with van der Waals surface area (Å²) in [6, 6.07) is 12.0. The van der Waals surface area contributed by atoms with Crippen LogP contribution in [0.5, 0.6) is 5.75 Å². The summed E-state index contributed by atoms with van der Waals surface area (Å²) >= 11 is 0. The Labute approximate surface area is 182 Å². The minimum absolute atomic E-state index is 0.184. The van der Waals surface area contributed by atoms with E-state index in [1.54, 1.807) is 36.4 Å². The van der Waals surface area contributed by atoms with E-state index in [4.69, 9.17) is 9.47 Å². The Bertz CT molecular complexity index is 955. The smallest absolute Gasteiger partial charge is 0.320 e. The highest BCUT2D eigenvalue weighted by atomic mass is 32.2. The van der Waals surface area contributed by atoms with E-state index in [-0.39, 0.29) is 9.79 Å². The van der Waals surface area contributed by atoms with Crippen LogP contribution < -0.4 is 10.1 Å². The van der Waals surface area contributed by atoms with E-state index < -0.39 is 21.8 Å². The van der Waals surface area contributed by atoms with Gasteiger partial charge in [0.2, 0.25) is 9.84 Å². The van der Waals surface area contributed by atoms with Crippen molar-refractivity contribution in [3.63, 3.8) is 0 Å². The van der Waals surface area contributed by atoms with Crippen LogP contribution >= 0.6 is 0 Å². The zero-order valence-corrected chi connectivity index (χ0v) is 18.3.